The fourth-order valence-electron chi connectivity index (χ4n) is 16.8. The summed E-state index contributed by atoms with van der Waals surface area (Å²) in [5, 5.41) is 0. The Bertz CT molecular complexity index is 2150. The number of carbonyl (C=O) groups excluding carboxylic acids is 4. The number of rotatable bonds is 76. The highest BCUT2D eigenvalue weighted by molar-refractivity contribution is 5.70. The molecule has 0 spiro atoms. The molecule has 0 aromatic carbocycles. The van der Waals surface area contributed by atoms with Gasteiger partial charge in [0.1, 0.15) is 24.4 Å². The fraction of sp³-hybridized carbons (Fsp3) is 0.962. The molecule has 4 aliphatic heterocycles. The van der Waals surface area contributed by atoms with Crippen LogP contribution in [-0.4, -0.2) is 126 Å². The van der Waals surface area contributed by atoms with Crippen LogP contribution in [0, 0.1) is 23.7 Å². The molecule has 4 heterocycles. The smallest absolute Gasteiger partial charge is 0.306 e. The van der Waals surface area contributed by atoms with Gasteiger partial charge in [-0.1, -0.05) is 417 Å². The number of carbonyl (C=O) groups is 4. The molecule has 0 aliphatic carbocycles. The highest BCUT2D eigenvalue weighted by atomic mass is 16.7. The minimum Gasteiger partial charge on any atom is -0.457 e. The van der Waals surface area contributed by atoms with Crippen molar-refractivity contribution in [3.63, 3.8) is 0 Å². The standard InChI is InChI=1S/C29H56O4.C27H52O4.C25H48O4.C23H44O4/c1-4-7-9-10-11-12-13-14-15-16-17-18-19-20-21-23-28(30)33-27-24-31-29(32-25-27)26(6-3)22-8-5-2;1-4-7-9-10-11-12-13-14-15-16-17-18-19-21-26(28)31-25-22-29-27(30-23-25)24(6-3)20-8-5-2;1-4-7-9-10-11-12-13-14-15-16-17-19-24(26)29-23-20-27-25(28-21-23)22(6-3)18-8-5-2;1-4-7-9-10-11-12-13-14-15-17-22(24)27-21-18-25-23(26-19-21)20(6-3)16-8-5-2/h26-27,29H,4-25H2,1-3H3;24-25,27H,4-23H2,1-3H3;22-23,25H,4-21H2,1-3H3;20-21,23H,4-19H2,1-3H3. The summed E-state index contributed by atoms with van der Waals surface area (Å²) in [6.07, 6.45) is 81.6. The van der Waals surface area contributed by atoms with Gasteiger partial charge >= 0.3 is 23.9 Å². The zero-order valence-electron chi connectivity index (χ0n) is 81.2. The van der Waals surface area contributed by atoms with Crippen LogP contribution in [0.3, 0.4) is 0 Å². The van der Waals surface area contributed by atoms with Crippen molar-refractivity contribution in [1.82, 2.24) is 0 Å². The number of hydrogen-bond acceptors (Lipinski definition) is 16. The SMILES string of the molecule is CCCCCCCCCCCC(=O)OC1COC(C(CC)CCCC)OC1.CCCCCCCCCCCCCC(=O)OC1COC(C(CC)CCCC)OC1.CCCCCCCCCCCCCCCC(=O)OC1COC(C(CC)CCCC)OC1.CCCCCCCCCCCCCCCCCC(=O)OC1COC(C(CC)CCCC)OC1. The molecule has 4 aliphatic rings. The van der Waals surface area contributed by atoms with Gasteiger partial charge < -0.3 is 56.8 Å². The zero-order valence-corrected chi connectivity index (χ0v) is 81.2. The molecule has 0 amide bonds. The summed E-state index contributed by atoms with van der Waals surface area (Å²) >= 11 is 0. The van der Waals surface area contributed by atoms with E-state index in [4.69, 9.17) is 56.8 Å². The molecule has 4 atom stereocenters. The van der Waals surface area contributed by atoms with Crippen LogP contribution in [0.1, 0.15) is 520 Å². The molecule has 4 saturated heterocycles. The molecule has 4 rings (SSSR count). The summed E-state index contributed by atoms with van der Waals surface area (Å²) in [4.78, 5) is 48.3. The van der Waals surface area contributed by atoms with Gasteiger partial charge in [-0.25, -0.2) is 0 Å². The predicted octanol–water partition coefficient (Wildman–Crippen LogP) is 30.3. The van der Waals surface area contributed by atoms with Crippen molar-refractivity contribution in [2.45, 2.75) is 569 Å². The van der Waals surface area contributed by atoms with E-state index < -0.39 is 0 Å². The molecule has 4 unspecified atom stereocenters. The third-order valence-corrected chi connectivity index (χ3v) is 25.1. The monoisotopic (exact) mass is 1710 g/mol. The van der Waals surface area contributed by atoms with E-state index >= 15 is 0 Å². The maximum atomic E-state index is 12.1. The molecule has 120 heavy (non-hydrogen) atoms. The van der Waals surface area contributed by atoms with Crippen LogP contribution in [0.4, 0.5) is 0 Å². The fourth-order valence-corrected chi connectivity index (χ4v) is 16.8. The Labute approximate surface area is 741 Å². The highest BCUT2D eigenvalue weighted by Gasteiger charge is 2.34. The van der Waals surface area contributed by atoms with E-state index in [9.17, 15) is 19.2 Å². The van der Waals surface area contributed by atoms with E-state index in [1.54, 1.807) is 0 Å². The van der Waals surface area contributed by atoms with Gasteiger partial charge in [-0.2, -0.15) is 0 Å². The second kappa shape index (κ2) is 87.3. The Balaban J connectivity index is 0.000000802. The lowest BCUT2D eigenvalue weighted by Crippen LogP contribution is -2.41. The van der Waals surface area contributed by atoms with Gasteiger partial charge in [-0.15, -0.1) is 0 Å². The molecular formula is C104H200O16. The Morgan fingerprint density at radius 2 is 0.317 bits per heavy atom. The van der Waals surface area contributed by atoms with Crippen molar-refractivity contribution >= 4 is 23.9 Å². The van der Waals surface area contributed by atoms with Crippen molar-refractivity contribution in [3.05, 3.63) is 0 Å². The first-order chi connectivity index (χ1) is 58.8. The number of hydrogen-bond donors (Lipinski definition) is 0. The summed E-state index contributed by atoms with van der Waals surface area (Å²) < 4.78 is 69.0. The Kier molecular flexibility index (Phi) is 84.0. The molecule has 16 nitrogen and oxygen atoms in total. The largest absolute Gasteiger partial charge is 0.457 e. The number of unbranched alkanes of at least 4 members (excludes halogenated alkanes) is 48. The van der Waals surface area contributed by atoms with Gasteiger partial charge in [0, 0.05) is 49.4 Å². The van der Waals surface area contributed by atoms with Crippen LogP contribution < -0.4 is 0 Å². The Morgan fingerprint density at radius 3 is 0.442 bits per heavy atom. The van der Waals surface area contributed by atoms with E-state index in [0.29, 0.717) is 102 Å². The van der Waals surface area contributed by atoms with Gasteiger partial charge in [-0.3, -0.25) is 19.2 Å². The summed E-state index contributed by atoms with van der Waals surface area (Å²) in [6, 6.07) is 0. The molecule has 16 heteroatoms. The molecule has 712 valence electrons. The zero-order chi connectivity index (χ0) is 87.5. The van der Waals surface area contributed by atoms with Gasteiger partial charge in [0.2, 0.25) is 0 Å². The first-order valence-corrected chi connectivity index (χ1v) is 52.5. The molecule has 4 fully saturated rings. The normalized spacial score (nSPS) is 20.2. The predicted molar refractivity (Wildman–Crippen MR) is 498 cm³/mol. The second-order valence-electron chi connectivity index (χ2n) is 36.4. The van der Waals surface area contributed by atoms with Crippen LogP contribution in [0.25, 0.3) is 0 Å². The van der Waals surface area contributed by atoms with Crippen molar-refractivity contribution in [2.24, 2.45) is 23.7 Å². The van der Waals surface area contributed by atoms with Crippen molar-refractivity contribution < 1.29 is 76.0 Å². The van der Waals surface area contributed by atoms with Gasteiger partial charge in [0.15, 0.2) is 25.2 Å². The third kappa shape index (κ3) is 67.8. The van der Waals surface area contributed by atoms with E-state index in [2.05, 4.69) is 83.1 Å². The van der Waals surface area contributed by atoms with Gasteiger partial charge in [0.25, 0.3) is 0 Å². The lowest BCUT2D eigenvalue weighted by molar-refractivity contribution is -0.245. The molecule has 0 aromatic heterocycles. The first kappa shape index (κ1) is 116. The van der Waals surface area contributed by atoms with Crippen LogP contribution >= 0.6 is 0 Å². The first-order valence-electron chi connectivity index (χ1n) is 52.5. The number of esters is 4. The average molecular weight is 1710 g/mol. The molecule has 0 aromatic rings. The van der Waals surface area contributed by atoms with Crippen LogP contribution in [0.15, 0.2) is 0 Å². The number of ether oxygens (including phenoxy) is 12. The third-order valence-electron chi connectivity index (χ3n) is 25.1. The average Bonchev–Trinajstić information content (AvgIpc) is 0.893. The second-order valence-corrected chi connectivity index (χ2v) is 36.4. The van der Waals surface area contributed by atoms with Crippen molar-refractivity contribution in [2.75, 3.05) is 52.9 Å². The topological polar surface area (TPSA) is 179 Å². The summed E-state index contributed by atoms with van der Waals surface area (Å²) in [5.41, 5.74) is 0. The van der Waals surface area contributed by atoms with Gasteiger partial charge in [-0.05, 0) is 77.0 Å². The van der Waals surface area contributed by atoms with Crippen molar-refractivity contribution in [3.8, 4) is 0 Å². The van der Waals surface area contributed by atoms with E-state index in [1.165, 1.54) is 308 Å². The van der Waals surface area contributed by atoms with E-state index in [0.717, 1.165) is 103 Å². The molecular weight excluding hydrogens is 1510 g/mol. The molecule has 0 radical (unpaired) electrons. The summed E-state index contributed by atoms with van der Waals surface area (Å²) in [6.45, 7) is 30.4. The van der Waals surface area contributed by atoms with Gasteiger partial charge in [0.05, 0.1) is 52.9 Å². The highest BCUT2D eigenvalue weighted by Crippen LogP contribution is 2.30. The Morgan fingerprint density at radius 1 is 0.192 bits per heavy atom. The van der Waals surface area contributed by atoms with E-state index in [-0.39, 0.29) is 73.5 Å². The van der Waals surface area contributed by atoms with Crippen LogP contribution in [0.5, 0.6) is 0 Å². The van der Waals surface area contributed by atoms with E-state index in [1.807, 2.05) is 0 Å². The minimum absolute atomic E-state index is 0.0987. The molecule has 0 saturated carbocycles. The quantitative estimate of drug-likeness (QED) is 0.0319. The molecule has 0 bridgehead atoms. The Hall–Kier alpha value is -2.44. The molecule has 0 N–H and O–H groups in total. The summed E-state index contributed by atoms with van der Waals surface area (Å²) in [7, 11) is 0. The summed E-state index contributed by atoms with van der Waals surface area (Å²) in [5.74, 6) is 1.38. The minimum atomic E-state index is -0.242. The maximum Gasteiger partial charge on any atom is 0.306 e. The maximum absolute atomic E-state index is 12.1. The van der Waals surface area contributed by atoms with Crippen LogP contribution in [-0.2, 0) is 76.0 Å². The van der Waals surface area contributed by atoms with Crippen LogP contribution in [0.2, 0.25) is 0 Å². The lowest BCUT2D eigenvalue weighted by atomic mass is 9.98. The lowest BCUT2D eigenvalue weighted by Gasteiger charge is -2.33. The van der Waals surface area contributed by atoms with Crippen molar-refractivity contribution in [1.29, 1.82) is 0 Å².